The van der Waals surface area contributed by atoms with Crippen LogP contribution in [0.2, 0.25) is 0 Å². The molecule has 0 saturated carbocycles. The zero-order chi connectivity index (χ0) is 10.4. The Bertz CT molecular complexity index is 554. The first-order chi connectivity index (χ1) is 7.24. The van der Waals surface area contributed by atoms with Crippen molar-refractivity contribution in [2.75, 3.05) is 0 Å². The van der Waals surface area contributed by atoms with Crippen LogP contribution in [0.5, 0.6) is 0 Å². The van der Waals surface area contributed by atoms with E-state index in [-0.39, 0.29) is 5.91 Å². The molecule has 0 bridgehead atoms. The van der Waals surface area contributed by atoms with Gasteiger partial charge in [-0.15, -0.1) is 0 Å². The number of fused-ring (bicyclic) bond motifs is 3. The SMILES string of the molecule is Cc1ccc2cc3n(c2c1)CC(=O)NC3. The van der Waals surface area contributed by atoms with Crippen LogP contribution >= 0.6 is 0 Å². The van der Waals surface area contributed by atoms with Crippen LogP contribution < -0.4 is 5.32 Å². The molecule has 0 saturated heterocycles. The molecule has 1 aromatic carbocycles. The number of carbonyl (C=O) groups is 1. The van der Waals surface area contributed by atoms with E-state index in [1.165, 1.54) is 22.2 Å². The van der Waals surface area contributed by atoms with Crippen molar-refractivity contribution < 1.29 is 4.79 Å². The number of hydrogen-bond acceptors (Lipinski definition) is 1. The highest BCUT2D eigenvalue weighted by molar-refractivity contribution is 5.86. The molecule has 76 valence electrons. The van der Waals surface area contributed by atoms with Gasteiger partial charge in [-0.1, -0.05) is 12.1 Å². The molecule has 0 spiro atoms. The summed E-state index contributed by atoms with van der Waals surface area (Å²) in [5, 5.41) is 4.07. The highest BCUT2D eigenvalue weighted by Crippen LogP contribution is 2.22. The smallest absolute Gasteiger partial charge is 0.240 e. The molecule has 1 amide bonds. The maximum atomic E-state index is 11.3. The van der Waals surface area contributed by atoms with Crippen LogP contribution in [0, 0.1) is 6.92 Å². The van der Waals surface area contributed by atoms with Crippen LogP contribution in [0.1, 0.15) is 11.3 Å². The number of hydrogen-bond donors (Lipinski definition) is 1. The number of nitrogens with zero attached hydrogens (tertiary/aromatic N) is 1. The zero-order valence-electron chi connectivity index (χ0n) is 8.58. The lowest BCUT2D eigenvalue weighted by Gasteiger charge is -2.16. The molecule has 0 aliphatic carbocycles. The normalized spacial score (nSPS) is 15.1. The minimum atomic E-state index is 0.0986. The van der Waals surface area contributed by atoms with E-state index < -0.39 is 0 Å². The fourth-order valence-corrected chi connectivity index (χ4v) is 2.14. The topological polar surface area (TPSA) is 34.0 Å². The Morgan fingerprint density at radius 3 is 3.07 bits per heavy atom. The fraction of sp³-hybridized carbons (Fsp3) is 0.250. The molecule has 2 heterocycles. The Hall–Kier alpha value is -1.77. The van der Waals surface area contributed by atoms with Gasteiger partial charge in [0.2, 0.25) is 5.91 Å². The summed E-state index contributed by atoms with van der Waals surface area (Å²) in [5.74, 6) is 0.0986. The van der Waals surface area contributed by atoms with Crippen molar-refractivity contribution >= 4 is 16.8 Å². The molecule has 15 heavy (non-hydrogen) atoms. The number of aromatic nitrogens is 1. The average Bonchev–Trinajstić information content (AvgIpc) is 2.56. The van der Waals surface area contributed by atoms with Gasteiger partial charge in [0.15, 0.2) is 0 Å². The molecule has 1 aromatic heterocycles. The molecule has 3 heteroatoms. The van der Waals surface area contributed by atoms with Gasteiger partial charge >= 0.3 is 0 Å². The van der Waals surface area contributed by atoms with Crippen molar-refractivity contribution in [3.8, 4) is 0 Å². The summed E-state index contributed by atoms with van der Waals surface area (Å²) >= 11 is 0. The van der Waals surface area contributed by atoms with Crippen LogP contribution in [-0.2, 0) is 17.9 Å². The quantitative estimate of drug-likeness (QED) is 0.688. The number of nitrogens with one attached hydrogen (secondary N) is 1. The van der Waals surface area contributed by atoms with Crippen LogP contribution in [0.4, 0.5) is 0 Å². The Labute approximate surface area is 87.7 Å². The minimum Gasteiger partial charge on any atom is -0.349 e. The van der Waals surface area contributed by atoms with Gasteiger partial charge in [0.05, 0.1) is 6.54 Å². The van der Waals surface area contributed by atoms with Crippen molar-refractivity contribution in [2.24, 2.45) is 0 Å². The van der Waals surface area contributed by atoms with E-state index in [9.17, 15) is 4.79 Å². The summed E-state index contributed by atoms with van der Waals surface area (Å²) in [5.41, 5.74) is 3.59. The fourth-order valence-electron chi connectivity index (χ4n) is 2.14. The van der Waals surface area contributed by atoms with E-state index in [4.69, 9.17) is 0 Å². The summed E-state index contributed by atoms with van der Waals surface area (Å²) in [7, 11) is 0. The lowest BCUT2D eigenvalue weighted by atomic mass is 10.2. The van der Waals surface area contributed by atoms with E-state index in [1.54, 1.807) is 0 Å². The first-order valence-electron chi connectivity index (χ1n) is 5.09. The molecule has 2 aromatic rings. The van der Waals surface area contributed by atoms with E-state index in [0.29, 0.717) is 13.1 Å². The third-order valence-corrected chi connectivity index (χ3v) is 2.91. The second-order valence-electron chi connectivity index (χ2n) is 4.06. The van der Waals surface area contributed by atoms with Crippen LogP contribution in [-0.4, -0.2) is 10.5 Å². The van der Waals surface area contributed by atoms with Gasteiger partial charge in [-0.3, -0.25) is 4.79 Å². The van der Waals surface area contributed by atoms with Gasteiger partial charge < -0.3 is 9.88 Å². The molecule has 3 nitrogen and oxygen atoms in total. The molecule has 0 unspecified atom stereocenters. The first-order valence-corrected chi connectivity index (χ1v) is 5.09. The molecular weight excluding hydrogens is 188 g/mol. The number of benzene rings is 1. The van der Waals surface area contributed by atoms with Gasteiger partial charge in [0.1, 0.15) is 6.54 Å². The number of carbonyl (C=O) groups excluding carboxylic acids is 1. The third kappa shape index (κ3) is 1.23. The maximum Gasteiger partial charge on any atom is 0.240 e. The summed E-state index contributed by atoms with van der Waals surface area (Å²) in [6.45, 7) is 3.16. The molecule has 3 rings (SSSR count). The second-order valence-corrected chi connectivity index (χ2v) is 4.06. The van der Waals surface area contributed by atoms with Crippen LogP contribution in [0.25, 0.3) is 10.9 Å². The molecule has 0 fully saturated rings. The van der Waals surface area contributed by atoms with E-state index >= 15 is 0 Å². The van der Waals surface area contributed by atoms with E-state index in [0.717, 1.165) is 0 Å². The summed E-state index contributed by atoms with van der Waals surface area (Å²) in [6.07, 6.45) is 0. The monoisotopic (exact) mass is 200 g/mol. The van der Waals surface area contributed by atoms with Crippen molar-refractivity contribution in [2.45, 2.75) is 20.0 Å². The van der Waals surface area contributed by atoms with E-state index in [1.807, 2.05) is 0 Å². The molecule has 1 aliphatic rings. The van der Waals surface area contributed by atoms with Gasteiger partial charge in [0.25, 0.3) is 0 Å². The number of amides is 1. The summed E-state index contributed by atoms with van der Waals surface area (Å²) in [6, 6.07) is 8.50. The average molecular weight is 200 g/mol. The summed E-state index contributed by atoms with van der Waals surface area (Å²) in [4.78, 5) is 11.3. The highest BCUT2D eigenvalue weighted by Gasteiger charge is 2.16. The van der Waals surface area contributed by atoms with Gasteiger partial charge in [-0.05, 0) is 30.0 Å². The second kappa shape index (κ2) is 2.86. The largest absolute Gasteiger partial charge is 0.349 e. The zero-order valence-corrected chi connectivity index (χ0v) is 8.58. The van der Waals surface area contributed by atoms with E-state index in [2.05, 4.69) is 41.1 Å². The number of aryl methyl sites for hydroxylation is 1. The molecule has 0 radical (unpaired) electrons. The number of rotatable bonds is 0. The third-order valence-electron chi connectivity index (χ3n) is 2.91. The Balaban J connectivity index is 2.30. The minimum absolute atomic E-state index is 0.0986. The van der Waals surface area contributed by atoms with Crippen molar-refractivity contribution in [1.29, 1.82) is 0 Å². The molecule has 1 N–H and O–H groups in total. The Morgan fingerprint density at radius 2 is 2.20 bits per heavy atom. The van der Waals surface area contributed by atoms with Crippen molar-refractivity contribution in [3.05, 3.63) is 35.5 Å². The predicted molar refractivity (Wildman–Crippen MR) is 58.5 cm³/mol. The molecule has 0 atom stereocenters. The van der Waals surface area contributed by atoms with Gasteiger partial charge in [-0.2, -0.15) is 0 Å². The lowest BCUT2D eigenvalue weighted by Crippen LogP contribution is -2.33. The molecule has 1 aliphatic heterocycles. The van der Waals surface area contributed by atoms with Gasteiger partial charge in [-0.25, -0.2) is 0 Å². The predicted octanol–water partition coefficient (Wildman–Crippen LogP) is 1.58. The van der Waals surface area contributed by atoms with Crippen LogP contribution in [0.3, 0.4) is 0 Å². The maximum absolute atomic E-state index is 11.3. The van der Waals surface area contributed by atoms with Crippen LogP contribution in [0.15, 0.2) is 24.3 Å². The van der Waals surface area contributed by atoms with Gasteiger partial charge in [0, 0.05) is 11.2 Å². The Kier molecular flexibility index (Phi) is 1.63. The Morgan fingerprint density at radius 1 is 1.33 bits per heavy atom. The first kappa shape index (κ1) is 8.53. The standard InChI is InChI=1S/C12H12N2O/c1-8-2-3-9-5-10-6-13-12(15)7-14(10)11(9)4-8/h2-5H,6-7H2,1H3,(H,13,15). The molecular formula is C12H12N2O. The van der Waals surface area contributed by atoms with Crippen molar-refractivity contribution in [1.82, 2.24) is 9.88 Å². The highest BCUT2D eigenvalue weighted by atomic mass is 16.2. The lowest BCUT2D eigenvalue weighted by molar-refractivity contribution is -0.122. The van der Waals surface area contributed by atoms with Crippen molar-refractivity contribution in [3.63, 3.8) is 0 Å². The summed E-state index contributed by atoms with van der Waals surface area (Å²) < 4.78 is 2.10.